The highest BCUT2D eigenvalue weighted by Gasteiger charge is 2.44. The number of hydrogen-bond acceptors (Lipinski definition) is 3. The minimum atomic E-state index is -0.762. The van der Waals surface area contributed by atoms with Crippen LogP contribution >= 0.6 is 0 Å². The zero-order valence-electron chi connectivity index (χ0n) is 11.5. The standard InChI is InChI=1S/C13H21N3O2/c1-12(2,9-14)7-5-6-8-16-11(18)15-10(17)13(16,3)4/h5-8H2,1-4H3,(H,15,17,18). The molecule has 1 heterocycles. The Labute approximate surface area is 108 Å². The fourth-order valence-electron chi connectivity index (χ4n) is 1.97. The number of hydrogen-bond donors (Lipinski definition) is 1. The molecule has 0 unspecified atom stereocenters. The molecule has 1 rings (SSSR count). The minimum absolute atomic E-state index is 0.246. The third-order valence-electron chi connectivity index (χ3n) is 3.43. The molecule has 0 aliphatic carbocycles. The van der Waals surface area contributed by atoms with Crippen molar-refractivity contribution in [3.8, 4) is 6.07 Å². The maximum absolute atomic E-state index is 11.6. The van der Waals surface area contributed by atoms with Crippen molar-refractivity contribution in [2.45, 2.75) is 52.5 Å². The number of nitriles is 1. The molecule has 1 fully saturated rings. The summed E-state index contributed by atoms with van der Waals surface area (Å²) in [4.78, 5) is 24.7. The lowest BCUT2D eigenvalue weighted by atomic mass is 9.89. The van der Waals surface area contributed by atoms with E-state index >= 15 is 0 Å². The highest BCUT2D eigenvalue weighted by molar-refractivity contribution is 6.06. The number of unbranched alkanes of at least 4 members (excludes halogenated alkanes) is 1. The molecule has 1 aliphatic heterocycles. The number of carbonyl (C=O) groups is 2. The fourth-order valence-corrected chi connectivity index (χ4v) is 1.97. The zero-order valence-corrected chi connectivity index (χ0v) is 11.5. The molecule has 0 saturated carbocycles. The molecule has 0 aromatic heterocycles. The molecule has 1 aliphatic rings. The fraction of sp³-hybridized carbons (Fsp3) is 0.769. The lowest BCUT2D eigenvalue weighted by Crippen LogP contribution is -2.44. The molecule has 0 aromatic rings. The average Bonchev–Trinajstić information content (AvgIpc) is 2.45. The van der Waals surface area contributed by atoms with Crippen molar-refractivity contribution >= 4 is 11.9 Å². The average molecular weight is 251 g/mol. The number of imide groups is 1. The largest absolute Gasteiger partial charge is 0.324 e. The maximum Gasteiger partial charge on any atom is 0.324 e. The van der Waals surface area contributed by atoms with E-state index in [0.717, 1.165) is 19.3 Å². The molecule has 0 spiro atoms. The molecule has 0 radical (unpaired) electrons. The number of nitrogens with one attached hydrogen (secondary N) is 1. The molecular formula is C13H21N3O2. The van der Waals surface area contributed by atoms with Crippen LogP contribution in [0, 0.1) is 16.7 Å². The van der Waals surface area contributed by atoms with Crippen LogP contribution in [0.1, 0.15) is 47.0 Å². The summed E-state index contributed by atoms with van der Waals surface area (Å²) in [5, 5.41) is 11.2. The normalized spacial score (nSPS) is 18.7. The van der Waals surface area contributed by atoms with Gasteiger partial charge in [0.25, 0.3) is 5.91 Å². The summed E-state index contributed by atoms with van der Waals surface area (Å²) in [5.74, 6) is -0.246. The van der Waals surface area contributed by atoms with Crippen LogP contribution in [0.15, 0.2) is 0 Å². The van der Waals surface area contributed by atoms with Gasteiger partial charge in [0.2, 0.25) is 0 Å². The molecule has 0 aromatic carbocycles. The number of nitrogens with zero attached hydrogens (tertiary/aromatic N) is 2. The highest BCUT2D eigenvalue weighted by Crippen LogP contribution is 2.24. The third kappa shape index (κ3) is 3.00. The summed E-state index contributed by atoms with van der Waals surface area (Å²) < 4.78 is 0. The zero-order chi connectivity index (χ0) is 14.0. The Bertz CT molecular complexity index is 394. The second kappa shape index (κ2) is 4.97. The predicted molar refractivity (Wildman–Crippen MR) is 67.6 cm³/mol. The lowest BCUT2D eigenvalue weighted by molar-refractivity contribution is -0.125. The molecule has 5 nitrogen and oxygen atoms in total. The van der Waals surface area contributed by atoms with Crippen LogP contribution in [0.3, 0.4) is 0 Å². The Kier molecular flexibility index (Phi) is 4.00. The Morgan fingerprint density at radius 3 is 2.39 bits per heavy atom. The summed E-state index contributed by atoms with van der Waals surface area (Å²) in [7, 11) is 0. The van der Waals surface area contributed by atoms with Gasteiger partial charge in [-0.15, -0.1) is 0 Å². The number of rotatable bonds is 5. The van der Waals surface area contributed by atoms with Gasteiger partial charge in [0, 0.05) is 6.54 Å². The Morgan fingerprint density at radius 1 is 1.33 bits per heavy atom. The summed E-state index contributed by atoms with van der Waals surface area (Å²) in [5.41, 5.74) is -1.08. The van der Waals surface area contributed by atoms with Gasteiger partial charge in [0.05, 0.1) is 11.5 Å². The topological polar surface area (TPSA) is 73.2 Å². The van der Waals surface area contributed by atoms with Crippen LogP contribution in [0.2, 0.25) is 0 Å². The first kappa shape index (κ1) is 14.5. The molecule has 3 amide bonds. The smallest absolute Gasteiger partial charge is 0.310 e. The van der Waals surface area contributed by atoms with Crippen molar-refractivity contribution in [3.05, 3.63) is 0 Å². The van der Waals surface area contributed by atoms with Gasteiger partial charge in [-0.2, -0.15) is 5.26 Å². The molecule has 0 atom stereocenters. The van der Waals surface area contributed by atoms with E-state index in [0.29, 0.717) is 6.54 Å². The van der Waals surface area contributed by atoms with Crippen molar-refractivity contribution in [2.75, 3.05) is 6.54 Å². The van der Waals surface area contributed by atoms with Crippen LogP contribution in [0.25, 0.3) is 0 Å². The molecule has 1 N–H and O–H groups in total. The highest BCUT2D eigenvalue weighted by atomic mass is 16.2. The van der Waals surface area contributed by atoms with Gasteiger partial charge in [-0.3, -0.25) is 10.1 Å². The van der Waals surface area contributed by atoms with Gasteiger partial charge in [0.15, 0.2) is 0 Å². The summed E-state index contributed by atoms with van der Waals surface area (Å²) in [6.45, 7) is 7.84. The van der Waals surface area contributed by atoms with Crippen molar-refractivity contribution in [1.82, 2.24) is 10.2 Å². The minimum Gasteiger partial charge on any atom is -0.310 e. The van der Waals surface area contributed by atoms with E-state index in [9.17, 15) is 9.59 Å². The van der Waals surface area contributed by atoms with Crippen LogP contribution in [-0.4, -0.2) is 28.9 Å². The van der Waals surface area contributed by atoms with Crippen molar-refractivity contribution in [3.63, 3.8) is 0 Å². The SMILES string of the molecule is CC(C)(C#N)CCCCN1C(=O)NC(=O)C1(C)C. The molecule has 5 heteroatoms. The molecular weight excluding hydrogens is 230 g/mol. The van der Waals surface area contributed by atoms with Crippen molar-refractivity contribution in [1.29, 1.82) is 5.26 Å². The van der Waals surface area contributed by atoms with E-state index in [-0.39, 0.29) is 17.4 Å². The first-order chi connectivity index (χ1) is 8.20. The molecule has 100 valence electrons. The van der Waals surface area contributed by atoms with E-state index in [1.165, 1.54) is 0 Å². The molecule has 18 heavy (non-hydrogen) atoms. The Morgan fingerprint density at radius 2 is 1.94 bits per heavy atom. The quantitative estimate of drug-likeness (QED) is 0.600. The van der Waals surface area contributed by atoms with Crippen LogP contribution < -0.4 is 5.32 Å². The van der Waals surface area contributed by atoms with Gasteiger partial charge < -0.3 is 4.90 Å². The number of amides is 3. The van der Waals surface area contributed by atoms with Gasteiger partial charge in [-0.1, -0.05) is 6.42 Å². The Hall–Kier alpha value is -1.57. The van der Waals surface area contributed by atoms with Crippen LogP contribution in [0.5, 0.6) is 0 Å². The van der Waals surface area contributed by atoms with Gasteiger partial charge in [0.1, 0.15) is 5.54 Å². The van der Waals surface area contributed by atoms with Gasteiger partial charge in [-0.05, 0) is 40.5 Å². The lowest BCUT2D eigenvalue weighted by Gasteiger charge is -2.28. The van der Waals surface area contributed by atoms with Gasteiger partial charge in [-0.25, -0.2) is 4.79 Å². The summed E-state index contributed by atoms with van der Waals surface area (Å²) in [6, 6.07) is 1.94. The van der Waals surface area contributed by atoms with Crippen molar-refractivity contribution in [2.24, 2.45) is 5.41 Å². The van der Waals surface area contributed by atoms with Gasteiger partial charge >= 0.3 is 6.03 Å². The molecule has 1 saturated heterocycles. The molecule has 0 bridgehead atoms. The van der Waals surface area contributed by atoms with E-state index < -0.39 is 5.54 Å². The van der Waals surface area contributed by atoms with Crippen LogP contribution in [0.4, 0.5) is 4.79 Å². The second-order valence-electron chi connectivity index (χ2n) is 5.92. The van der Waals surface area contributed by atoms with E-state index in [2.05, 4.69) is 11.4 Å². The second-order valence-corrected chi connectivity index (χ2v) is 5.92. The summed E-state index contributed by atoms with van der Waals surface area (Å²) in [6.07, 6.45) is 2.47. The first-order valence-electron chi connectivity index (χ1n) is 6.25. The van der Waals surface area contributed by atoms with Crippen molar-refractivity contribution < 1.29 is 9.59 Å². The predicted octanol–water partition coefficient (Wildman–Crippen LogP) is 2.04. The van der Waals surface area contributed by atoms with E-state index in [4.69, 9.17) is 5.26 Å². The summed E-state index contributed by atoms with van der Waals surface area (Å²) >= 11 is 0. The Balaban J connectivity index is 2.43. The van der Waals surface area contributed by atoms with E-state index in [1.54, 1.807) is 18.7 Å². The number of urea groups is 1. The monoisotopic (exact) mass is 251 g/mol. The van der Waals surface area contributed by atoms with Crippen LogP contribution in [-0.2, 0) is 4.79 Å². The maximum atomic E-state index is 11.6. The third-order valence-corrected chi connectivity index (χ3v) is 3.43. The first-order valence-corrected chi connectivity index (χ1v) is 6.25. The van der Waals surface area contributed by atoms with E-state index in [1.807, 2.05) is 13.8 Å². The number of carbonyl (C=O) groups excluding carboxylic acids is 2.